The first-order valence-corrected chi connectivity index (χ1v) is 13.9. The van der Waals surface area contributed by atoms with Crippen molar-refractivity contribution in [2.75, 3.05) is 52.4 Å². The first-order valence-electron chi connectivity index (χ1n) is 12.7. The summed E-state index contributed by atoms with van der Waals surface area (Å²) in [5.41, 5.74) is 2.86. The van der Waals surface area contributed by atoms with Gasteiger partial charge in [0.25, 0.3) is 0 Å². The molecule has 2 aromatic carbocycles. The first kappa shape index (κ1) is 29.2. The van der Waals surface area contributed by atoms with Gasteiger partial charge >= 0.3 is 11.9 Å². The van der Waals surface area contributed by atoms with E-state index in [0.29, 0.717) is 18.2 Å². The van der Waals surface area contributed by atoms with Gasteiger partial charge in [-0.2, -0.15) is 0 Å². The van der Waals surface area contributed by atoms with Crippen LogP contribution < -0.4 is 0 Å². The molecular weight excluding hydrogens is 510 g/mol. The van der Waals surface area contributed by atoms with Gasteiger partial charge in [-0.05, 0) is 54.9 Å². The molecule has 0 bridgehead atoms. The Balaban J connectivity index is 0.000000414. The number of carboxylic acid groups (broad SMARTS) is 2. The summed E-state index contributed by atoms with van der Waals surface area (Å²) in [6.07, 6.45) is 2.18. The first-order chi connectivity index (χ1) is 17.8. The number of rotatable bonds is 8. The highest BCUT2D eigenvalue weighted by atomic mass is 35.5. The molecule has 2 N–H and O–H groups in total. The molecule has 2 heterocycles. The van der Waals surface area contributed by atoms with E-state index in [1.54, 1.807) is 0 Å². The van der Waals surface area contributed by atoms with Gasteiger partial charge in [0.15, 0.2) is 0 Å². The fourth-order valence-corrected chi connectivity index (χ4v) is 5.97. The van der Waals surface area contributed by atoms with E-state index in [-0.39, 0.29) is 0 Å². The maximum Gasteiger partial charge on any atom is 0.328 e. The quantitative estimate of drug-likeness (QED) is 0.459. The number of hydrogen-bond acceptors (Lipinski definition) is 6. The van der Waals surface area contributed by atoms with E-state index in [2.05, 4.69) is 64.9 Å². The second-order valence-corrected chi connectivity index (χ2v) is 10.5. The number of fused-ring (bicyclic) bond motifs is 2. The molecule has 0 saturated carbocycles. The number of piperazine rings is 1. The molecule has 0 spiro atoms. The van der Waals surface area contributed by atoms with Crippen molar-refractivity contribution in [2.24, 2.45) is 0 Å². The zero-order valence-corrected chi connectivity index (χ0v) is 23.0. The lowest BCUT2D eigenvalue weighted by Gasteiger charge is -2.40. The van der Waals surface area contributed by atoms with E-state index in [0.717, 1.165) is 50.7 Å². The number of benzene rings is 2. The van der Waals surface area contributed by atoms with Gasteiger partial charge in [0.1, 0.15) is 0 Å². The summed E-state index contributed by atoms with van der Waals surface area (Å²) >= 11 is 8.32. The van der Waals surface area contributed by atoms with Crippen LogP contribution in [-0.4, -0.2) is 89.2 Å². The van der Waals surface area contributed by atoms with Gasteiger partial charge in [-0.1, -0.05) is 55.4 Å². The van der Waals surface area contributed by atoms with Crippen molar-refractivity contribution in [3.63, 3.8) is 0 Å². The highest BCUT2D eigenvalue weighted by Gasteiger charge is 2.30. The minimum Gasteiger partial charge on any atom is -0.478 e. The van der Waals surface area contributed by atoms with Gasteiger partial charge < -0.3 is 15.1 Å². The third kappa shape index (κ3) is 8.86. The molecule has 37 heavy (non-hydrogen) atoms. The highest BCUT2D eigenvalue weighted by molar-refractivity contribution is 7.99. The zero-order valence-electron chi connectivity index (χ0n) is 21.5. The van der Waals surface area contributed by atoms with E-state index in [1.165, 1.54) is 34.0 Å². The zero-order chi connectivity index (χ0) is 26.8. The molecule has 7 nitrogen and oxygen atoms in total. The Morgan fingerprint density at radius 1 is 1.00 bits per heavy atom. The van der Waals surface area contributed by atoms with Crippen molar-refractivity contribution in [2.45, 2.75) is 36.1 Å². The summed E-state index contributed by atoms with van der Waals surface area (Å²) < 4.78 is 0. The lowest BCUT2D eigenvalue weighted by atomic mass is 9.96. The molecule has 2 aliphatic rings. The van der Waals surface area contributed by atoms with Crippen molar-refractivity contribution in [1.29, 1.82) is 0 Å². The normalized spacial score (nSPS) is 18.0. The molecule has 1 saturated heterocycles. The number of carboxylic acids is 2. The molecule has 0 amide bonds. The Hall–Kier alpha value is -2.36. The molecule has 4 rings (SSSR count). The average molecular weight is 546 g/mol. The molecular formula is C28H36ClN3O4S. The smallest absolute Gasteiger partial charge is 0.328 e. The SMILES string of the molecule is CCN(CC)CCN1CCN(C2Cc3ccccc3Sc3ccc(Cl)cc32)CC1.O=C(O)/C=C\C(=O)O. The predicted octanol–water partition coefficient (Wildman–Crippen LogP) is 4.76. The lowest BCUT2D eigenvalue weighted by Crippen LogP contribution is -2.49. The van der Waals surface area contributed by atoms with Gasteiger partial charge in [-0.3, -0.25) is 9.80 Å². The van der Waals surface area contributed by atoms with Gasteiger partial charge in [-0.25, -0.2) is 9.59 Å². The Bertz CT molecular complexity index is 1070. The molecule has 2 aliphatic heterocycles. The van der Waals surface area contributed by atoms with Crippen molar-refractivity contribution >= 4 is 35.3 Å². The minimum atomic E-state index is -1.26. The summed E-state index contributed by atoms with van der Waals surface area (Å²) in [5.74, 6) is -2.51. The lowest BCUT2D eigenvalue weighted by molar-refractivity contribution is -0.134. The third-order valence-corrected chi connectivity index (χ3v) is 8.22. The van der Waals surface area contributed by atoms with Crippen LogP contribution in [0.1, 0.15) is 31.0 Å². The third-order valence-electron chi connectivity index (χ3n) is 6.78. The summed E-state index contributed by atoms with van der Waals surface area (Å²) in [6, 6.07) is 15.7. The molecule has 2 aromatic rings. The van der Waals surface area contributed by atoms with Crippen molar-refractivity contribution in [1.82, 2.24) is 14.7 Å². The summed E-state index contributed by atoms with van der Waals surface area (Å²) in [5, 5.41) is 16.5. The Kier molecular flexibility index (Phi) is 11.5. The van der Waals surface area contributed by atoms with Crippen LogP contribution in [0.15, 0.2) is 64.4 Å². The molecule has 0 radical (unpaired) electrons. The van der Waals surface area contributed by atoms with Crippen LogP contribution in [-0.2, 0) is 16.0 Å². The summed E-state index contributed by atoms with van der Waals surface area (Å²) in [6.45, 7) is 13.7. The van der Waals surface area contributed by atoms with Gasteiger partial charge in [0, 0.05) is 72.3 Å². The van der Waals surface area contributed by atoms with E-state index in [1.807, 2.05) is 17.8 Å². The van der Waals surface area contributed by atoms with E-state index in [4.69, 9.17) is 21.8 Å². The fraction of sp³-hybridized carbons (Fsp3) is 0.429. The molecule has 1 fully saturated rings. The number of likely N-dealkylation sites (N-methyl/N-ethyl adjacent to an activating group) is 1. The molecule has 1 unspecified atom stereocenters. The van der Waals surface area contributed by atoms with Gasteiger partial charge in [-0.15, -0.1) is 0 Å². The van der Waals surface area contributed by atoms with Crippen LogP contribution in [0.2, 0.25) is 5.02 Å². The van der Waals surface area contributed by atoms with Gasteiger partial charge in [0.05, 0.1) is 0 Å². The fourth-order valence-electron chi connectivity index (χ4n) is 4.67. The maximum atomic E-state index is 9.55. The van der Waals surface area contributed by atoms with Crippen molar-refractivity contribution < 1.29 is 19.8 Å². The number of nitrogens with zero attached hydrogens (tertiary/aromatic N) is 3. The molecule has 9 heteroatoms. The van der Waals surface area contributed by atoms with E-state index >= 15 is 0 Å². The van der Waals surface area contributed by atoms with Crippen LogP contribution in [0.3, 0.4) is 0 Å². The number of halogens is 1. The van der Waals surface area contributed by atoms with Crippen LogP contribution >= 0.6 is 23.4 Å². The molecule has 0 aliphatic carbocycles. The summed E-state index contributed by atoms with van der Waals surface area (Å²) in [4.78, 5) is 29.7. The van der Waals surface area contributed by atoms with Crippen molar-refractivity contribution in [3.8, 4) is 0 Å². The monoisotopic (exact) mass is 545 g/mol. The second kappa shape index (κ2) is 14.5. The summed E-state index contributed by atoms with van der Waals surface area (Å²) in [7, 11) is 0. The highest BCUT2D eigenvalue weighted by Crippen LogP contribution is 2.43. The predicted molar refractivity (Wildman–Crippen MR) is 149 cm³/mol. The van der Waals surface area contributed by atoms with Crippen LogP contribution in [0, 0.1) is 0 Å². The van der Waals surface area contributed by atoms with Gasteiger partial charge in [0.2, 0.25) is 0 Å². The Labute approximate surface area is 228 Å². The van der Waals surface area contributed by atoms with E-state index < -0.39 is 11.9 Å². The van der Waals surface area contributed by atoms with E-state index in [9.17, 15) is 9.59 Å². The van der Waals surface area contributed by atoms with Crippen LogP contribution in [0.4, 0.5) is 0 Å². The Morgan fingerprint density at radius 3 is 2.27 bits per heavy atom. The second-order valence-electron chi connectivity index (χ2n) is 9.03. The van der Waals surface area contributed by atoms with Crippen LogP contribution in [0.5, 0.6) is 0 Å². The average Bonchev–Trinajstić information content (AvgIpc) is 3.05. The number of carbonyl (C=O) groups is 2. The molecule has 0 aromatic heterocycles. The van der Waals surface area contributed by atoms with Crippen molar-refractivity contribution in [3.05, 3.63) is 70.8 Å². The number of hydrogen-bond donors (Lipinski definition) is 2. The topological polar surface area (TPSA) is 84.3 Å². The Morgan fingerprint density at radius 2 is 1.65 bits per heavy atom. The number of aliphatic carboxylic acids is 2. The molecule has 1 atom stereocenters. The minimum absolute atomic E-state index is 0.407. The maximum absolute atomic E-state index is 9.55. The van der Waals surface area contributed by atoms with Crippen LogP contribution in [0.25, 0.3) is 0 Å². The largest absolute Gasteiger partial charge is 0.478 e. The molecule has 200 valence electrons. The standard InChI is InChI=1S/C24H32ClN3S.C4H4O4/c1-3-26(4-2)11-12-27-13-15-28(16-14-27)22-17-19-7-5-6-8-23(19)29-24-10-9-20(25)18-21(22)24;5-3(6)1-2-4(7)8/h5-10,18,22H,3-4,11-17H2,1-2H3;1-2H,(H,5,6)(H,7,8)/b;2-1-.